The minimum absolute atomic E-state index is 0.126. The Morgan fingerprint density at radius 1 is 1.09 bits per heavy atom. The SMILES string of the molecule is CC1(C)OC[C@H]2O[C@H](OC(=N)C(Cl)(Cl)Cl)[C@H](NC(=O)C(Cl)(Cl)Cl)[C@@H](O[Si](C)(C)C(C)(C)C)[C@@H]2O1. The van der Waals surface area contributed by atoms with Gasteiger partial charge in [0, 0.05) is 0 Å². The lowest BCUT2D eigenvalue weighted by molar-refractivity contribution is -0.361. The van der Waals surface area contributed by atoms with Crippen LogP contribution in [0.2, 0.25) is 18.1 Å². The maximum Gasteiger partial charge on any atom is 0.272 e. The van der Waals surface area contributed by atoms with Crippen molar-refractivity contribution in [3.05, 3.63) is 0 Å². The monoisotopic (exact) mass is 620 g/mol. The van der Waals surface area contributed by atoms with Crippen LogP contribution in [0.1, 0.15) is 34.6 Å². The van der Waals surface area contributed by atoms with Gasteiger partial charge in [-0.05, 0) is 32.0 Å². The quantitative estimate of drug-likeness (QED) is 0.187. The molecule has 2 aliphatic heterocycles. The summed E-state index contributed by atoms with van der Waals surface area (Å²) in [7, 11) is -2.47. The number of rotatable bonds is 4. The van der Waals surface area contributed by atoms with E-state index in [0.717, 1.165) is 0 Å². The summed E-state index contributed by atoms with van der Waals surface area (Å²) < 4.78 is 25.7. The van der Waals surface area contributed by atoms with E-state index in [2.05, 4.69) is 26.1 Å². The summed E-state index contributed by atoms with van der Waals surface area (Å²) in [5.41, 5.74) is 0. The Balaban J connectivity index is 2.54. The maximum absolute atomic E-state index is 12.7. The fourth-order valence-corrected chi connectivity index (χ4v) is 4.76. The molecule has 0 aliphatic carbocycles. The van der Waals surface area contributed by atoms with E-state index in [4.69, 9.17) is 98.4 Å². The third-order valence-electron chi connectivity index (χ3n) is 5.94. The first-order valence-electron chi connectivity index (χ1n) is 10.4. The van der Waals surface area contributed by atoms with Crippen LogP contribution in [0.3, 0.4) is 0 Å². The number of nitrogens with one attached hydrogen (secondary N) is 2. The van der Waals surface area contributed by atoms with Gasteiger partial charge in [0.1, 0.15) is 24.4 Å². The van der Waals surface area contributed by atoms with Crippen molar-refractivity contribution in [2.24, 2.45) is 0 Å². The molecule has 2 fully saturated rings. The Kier molecular flexibility index (Phi) is 9.54. The lowest BCUT2D eigenvalue weighted by Crippen LogP contribution is -2.71. The summed E-state index contributed by atoms with van der Waals surface area (Å²) in [6, 6.07) is -1.10. The van der Waals surface area contributed by atoms with Crippen LogP contribution in [0.25, 0.3) is 0 Å². The molecule has 8 nitrogen and oxygen atoms in total. The molecule has 2 heterocycles. The predicted molar refractivity (Wildman–Crippen MR) is 137 cm³/mol. The smallest absolute Gasteiger partial charge is 0.272 e. The number of carbonyl (C=O) groups is 1. The highest BCUT2D eigenvalue weighted by molar-refractivity contribution is 6.76. The number of hydrogen-bond donors (Lipinski definition) is 2. The molecule has 5 atom stereocenters. The Morgan fingerprint density at radius 2 is 1.65 bits per heavy atom. The Bertz CT molecular complexity index is 783. The van der Waals surface area contributed by atoms with Gasteiger partial charge in [-0.15, -0.1) is 0 Å². The molecule has 2 aliphatic rings. The van der Waals surface area contributed by atoms with Gasteiger partial charge in [0.15, 0.2) is 14.1 Å². The molecule has 198 valence electrons. The number of fused-ring (bicyclic) bond motifs is 1. The first-order chi connectivity index (χ1) is 15.1. The zero-order valence-corrected chi connectivity index (χ0v) is 25.3. The van der Waals surface area contributed by atoms with Gasteiger partial charge in [0.2, 0.25) is 12.2 Å². The van der Waals surface area contributed by atoms with Crippen LogP contribution < -0.4 is 5.32 Å². The maximum atomic E-state index is 12.7. The second-order valence-electron chi connectivity index (χ2n) is 10.1. The molecule has 0 unspecified atom stereocenters. The summed E-state index contributed by atoms with van der Waals surface area (Å²) >= 11 is 34.9. The minimum Gasteiger partial charge on any atom is -0.446 e. The van der Waals surface area contributed by atoms with Gasteiger partial charge >= 0.3 is 0 Å². The van der Waals surface area contributed by atoms with Crippen LogP contribution in [0.5, 0.6) is 0 Å². The highest BCUT2D eigenvalue weighted by Crippen LogP contribution is 2.42. The van der Waals surface area contributed by atoms with Crippen LogP contribution in [-0.2, 0) is 28.2 Å². The van der Waals surface area contributed by atoms with Gasteiger partial charge in [0.25, 0.3) is 13.5 Å². The van der Waals surface area contributed by atoms with E-state index in [1.807, 2.05) is 13.1 Å². The summed E-state index contributed by atoms with van der Waals surface area (Å²) in [6.45, 7) is 13.9. The Labute approximate surface area is 231 Å². The fourth-order valence-electron chi connectivity index (χ4n) is 3.15. The molecule has 2 rings (SSSR count). The van der Waals surface area contributed by atoms with E-state index >= 15 is 0 Å². The standard InChI is InChI=1S/C19H30Cl6N2O6Si/c1-16(2,3)34(6,7)33-12-10(27-15(28)19(23,24)25)13(31-14(26)18(20,21)22)30-9-8-29-17(4,5)32-11(9)12/h9-13,26H,8H2,1-7H3,(H,27,28)/t9-,10-,11-,12-,13-/m1/s1. The van der Waals surface area contributed by atoms with Crippen molar-refractivity contribution in [2.45, 2.75) is 96.8 Å². The van der Waals surface area contributed by atoms with Crippen molar-refractivity contribution < 1.29 is 28.2 Å². The van der Waals surface area contributed by atoms with Crippen molar-refractivity contribution in [1.82, 2.24) is 5.32 Å². The van der Waals surface area contributed by atoms with Gasteiger partial charge in [-0.25, -0.2) is 0 Å². The Hall–Kier alpha value is 0.737. The highest BCUT2D eigenvalue weighted by atomic mass is 35.6. The predicted octanol–water partition coefficient (Wildman–Crippen LogP) is 5.47. The summed E-state index contributed by atoms with van der Waals surface area (Å²) in [5.74, 6) is -2.63. The van der Waals surface area contributed by atoms with Crippen LogP contribution in [0, 0.1) is 5.41 Å². The van der Waals surface area contributed by atoms with Crippen molar-refractivity contribution >= 4 is 89.7 Å². The lowest BCUT2D eigenvalue weighted by Gasteiger charge is -2.53. The normalized spacial score (nSPS) is 30.3. The zero-order valence-electron chi connectivity index (χ0n) is 19.8. The second kappa shape index (κ2) is 10.5. The molecule has 0 aromatic rings. The van der Waals surface area contributed by atoms with Gasteiger partial charge in [-0.3, -0.25) is 10.2 Å². The minimum atomic E-state index is -2.47. The summed E-state index contributed by atoms with van der Waals surface area (Å²) in [5, 5.41) is 10.4. The van der Waals surface area contributed by atoms with Crippen molar-refractivity contribution in [2.75, 3.05) is 6.61 Å². The molecular formula is C19H30Cl6N2O6Si. The first kappa shape index (κ1) is 31.0. The number of ether oxygens (including phenoxy) is 4. The van der Waals surface area contributed by atoms with Crippen LogP contribution in [0.15, 0.2) is 0 Å². The van der Waals surface area contributed by atoms with Crippen LogP contribution >= 0.6 is 69.6 Å². The van der Waals surface area contributed by atoms with Crippen molar-refractivity contribution in [3.8, 4) is 0 Å². The number of amides is 1. The largest absolute Gasteiger partial charge is 0.446 e. The van der Waals surface area contributed by atoms with E-state index < -0.39 is 64.1 Å². The summed E-state index contributed by atoms with van der Waals surface area (Å²) in [4.78, 5) is 12.7. The van der Waals surface area contributed by atoms with E-state index in [9.17, 15) is 4.79 Å². The molecule has 15 heteroatoms. The van der Waals surface area contributed by atoms with E-state index in [-0.39, 0.29) is 11.6 Å². The van der Waals surface area contributed by atoms with Gasteiger partial charge < -0.3 is 28.7 Å². The number of hydrogen-bond acceptors (Lipinski definition) is 7. The van der Waals surface area contributed by atoms with Gasteiger partial charge in [-0.2, -0.15) is 0 Å². The Morgan fingerprint density at radius 3 is 2.12 bits per heavy atom. The molecule has 0 radical (unpaired) electrons. The van der Waals surface area contributed by atoms with Crippen molar-refractivity contribution in [1.29, 1.82) is 5.41 Å². The molecule has 0 bridgehead atoms. The fraction of sp³-hybridized carbons (Fsp3) is 0.895. The number of alkyl halides is 6. The second-order valence-corrected chi connectivity index (χ2v) is 19.4. The number of carbonyl (C=O) groups excluding carboxylic acids is 1. The third kappa shape index (κ3) is 7.63. The zero-order chi connectivity index (χ0) is 26.5. The van der Waals surface area contributed by atoms with Gasteiger partial charge in [-0.1, -0.05) is 90.4 Å². The average molecular weight is 623 g/mol. The average Bonchev–Trinajstić information content (AvgIpc) is 2.61. The molecular weight excluding hydrogens is 593 g/mol. The molecule has 34 heavy (non-hydrogen) atoms. The van der Waals surface area contributed by atoms with E-state index in [0.29, 0.717) is 0 Å². The molecule has 1 amide bonds. The molecule has 2 saturated heterocycles. The molecule has 0 aromatic carbocycles. The van der Waals surface area contributed by atoms with Gasteiger partial charge in [0.05, 0.1) is 6.61 Å². The van der Waals surface area contributed by atoms with Crippen molar-refractivity contribution in [3.63, 3.8) is 0 Å². The summed E-state index contributed by atoms with van der Waals surface area (Å²) in [6.07, 6.45) is -3.56. The topological polar surface area (TPSA) is 99.1 Å². The first-order valence-corrected chi connectivity index (χ1v) is 15.6. The molecule has 0 spiro atoms. The lowest BCUT2D eigenvalue weighted by atomic mass is 9.95. The molecule has 0 saturated carbocycles. The highest BCUT2D eigenvalue weighted by Gasteiger charge is 2.57. The van der Waals surface area contributed by atoms with Crippen LogP contribution in [0.4, 0.5) is 0 Å². The van der Waals surface area contributed by atoms with E-state index in [1.54, 1.807) is 13.8 Å². The van der Waals surface area contributed by atoms with Crippen LogP contribution in [-0.4, -0.2) is 70.7 Å². The molecule has 0 aromatic heterocycles. The van der Waals surface area contributed by atoms with E-state index in [1.165, 1.54) is 0 Å². The molecule has 2 N–H and O–H groups in total. The third-order valence-corrected chi connectivity index (χ3v) is 11.4. The number of halogens is 6.